The maximum Gasteiger partial charge on any atom is 0.140 e. The molecule has 0 aliphatic rings. The third-order valence-corrected chi connectivity index (χ3v) is 2.44. The molecule has 17 heavy (non-hydrogen) atoms. The van der Waals surface area contributed by atoms with Crippen molar-refractivity contribution in [2.45, 2.75) is 6.04 Å². The number of aromatic hydroxyl groups is 1. The minimum atomic E-state index is -0.388. The summed E-state index contributed by atoms with van der Waals surface area (Å²) in [5.41, 5.74) is 1.72. The van der Waals surface area contributed by atoms with Gasteiger partial charge in [0, 0.05) is 5.69 Å². The second-order valence-corrected chi connectivity index (χ2v) is 3.66. The molecule has 0 aliphatic heterocycles. The van der Waals surface area contributed by atoms with Crippen molar-refractivity contribution in [2.24, 2.45) is 0 Å². The number of nitrogens with zero attached hydrogens (tertiary/aromatic N) is 1. The van der Waals surface area contributed by atoms with Crippen LogP contribution in [-0.2, 0) is 0 Å². The quantitative estimate of drug-likeness (QED) is 0.788. The monoisotopic (exact) mass is 224 g/mol. The maximum atomic E-state index is 9.17. The van der Waals surface area contributed by atoms with E-state index in [1.54, 1.807) is 24.3 Å². The molecule has 0 aromatic heterocycles. The summed E-state index contributed by atoms with van der Waals surface area (Å²) in [6.45, 7) is 0. The summed E-state index contributed by atoms with van der Waals surface area (Å²) in [5, 5.41) is 21.4. The summed E-state index contributed by atoms with van der Waals surface area (Å²) in [6, 6.07) is 18.0. The summed E-state index contributed by atoms with van der Waals surface area (Å²) >= 11 is 0. The van der Waals surface area contributed by atoms with Gasteiger partial charge in [0.2, 0.25) is 0 Å². The minimum absolute atomic E-state index is 0.212. The first-order valence-corrected chi connectivity index (χ1v) is 5.30. The summed E-state index contributed by atoms with van der Waals surface area (Å²) in [7, 11) is 0. The van der Waals surface area contributed by atoms with Crippen molar-refractivity contribution >= 4 is 5.69 Å². The van der Waals surface area contributed by atoms with Crippen LogP contribution in [0.2, 0.25) is 0 Å². The average Bonchev–Trinajstić information content (AvgIpc) is 2.39. The van der Waals surface area contributed by atoms with E-state index in [-0.39, 0.29) is 11.8 Å². The molecular weight excluding hydrogens is 212 g/mol. The first-order chi connectivity index (χ1) is 8.29. The molecule has 0 saturated carbocycles. The molecule has 0 radical (unpaired) electrons. The van der Waals surface area contributed by atoms with Crippen LogP contribution in [0.4, 0.5) is 5.69 Å². The second-order valence-electron chi connectivity index (χ2n) is 3.66. The number of hydrogen-bond acceptors (Lipinski definition) is 3. The van der Waals surface area contributed by atoms with Gasteiger partial charge in [0.25, 0.3) is 0 Å². The maximum absolute atomic E-state index is 9.17. The lowest BCUT2D eigenvalue weighted by molar-refractivity contribution is 0.475. The van der Waals surface area contributed by atoms with E-state index in [9.17, 15) is 5.11 Å². The Labute approximate surface area is 100.0 Å². The number of nitrogens with one attached hydrogen (secondary N) is 1. The van der Waals surface area contributed by atoms with Gasteiger partial charge in [-0.1, -0.05) is 30.3 Å². The Balaban J connectivity index is 2.17. The molecule has 2 N–H and O–H groups in total. The third-order valence-electron chi connectivity index (χ3n) is 2.44. The highest BCUT2D eigenvalue weighted by molar-refractivity contribution is 5.49. The number of phenolic OH excluding ortho intramolecular Hbond substituents is 1. The molecule has 0 saturated heterocycles. The van der Waals surface area contributed by atoms with Gasteiger partial charge in [0.1, 0.15) is 11.8 Å². The molecule has 1 atom stereocenters. The first kappa shape index (κ1) is 11.0. The Hall–Kier alpha value is -2.47. The van der Waals surface area contributed by atoms with Gasteiger partial charge >= 0.3 is 0 Å². The molecule has 0 spiro atoms. The normalized spacial score (nSPS) is 11.5. The number of hydrogen-bond donors (Lipinski definition) is 2. The molecule has 3 nitrogen and oxygen atoms in total. The van der Waals surface area contributed by atoms with Crippen LogP contribution in [0.5, 0.6) is 5.75 Å². The predicted molar refractivity (Wildman–Crippen MR) is 66.5 cm³/mol. The smallest absolute Gasteiger partial charge is 0.140 e. The molecule has 0 aliphatic carbocycles. The Morgan fingerprint density at radius 1 is 1.00 bits per heavy atom. The van der Waals surface area contributed by atoms with Gasteiger partial charge in [0.05, 0.1) is 6.07 Å². The predicted octanol–water partition coefficient (Wildman–Crippen LogP) is 3.07. The zero-order chi connectivity index (χ0) is 12.1. The van der Waals surface area contributed by atoms with Crippen LogP contribution >= 0.6 is 0 Å². The van der Waals surface area contributed by atoms with Crippen LogP contribution < -0.4 is 5.32 Å². The van der Waals surface area contributed by atoms with Gasteiger partial charge in [0.15, 0.2) is 0 Å². The van der Waals surface area contributed by atoms with E-state index >= 15 is 0 Å². The van der Waals surface area contributed by atoms with Gasteiger partial charge in [-0.05, 0) is 29.8 Å². The van der Waals surface area contributed by atoms with Crippen molar-refractivity contribution in [1.82, 2.24) is 0 Å². The average molecular weight is 224 g/mol. The molecule has 0 bridgehead atoms. The van der Waals surface area contributed by atoms with E-state index in [2.05, 4.69) is 11.4 Å². The van der Waals surface area contributed by atoms with Gasteiger partial charge in [-0.15, -0.1) is 0 Å². The van der Waals surface area contributed by atoms with Crippen molar-refractivity contribution in [2.75, 3.05) is 5.32 Å². The SMILES string of the molecule is N#CC(Nc1ccc(O)cc1)c1ccccc1. The Morgan fingerprint density at radius 3 is 2.24 bits per heavy atom. The first-order valence-electron chi connectivity index (χ1n) is 5.30. The topological polar surface area (TPSA) is 56.0 Å². The van der Waals surface area contributed by atoms with Gasteiger partial charge in [-0.25, -0.2) is 0 Å². The molecule has 3 heteroatoms. The lowest BCUT2D eigenvalue weighted by atomic mass is 10.1. The molecule has 0 fully saturated rings. The second kappa shape index (κ2) is 5.04. The Kier molecular flexibility index (Phi) is 3.27. The largest absolute Gasteiger partial charge is 0.508 e. The summed E-state index contributed by atoms with van der Waals surface area (Å²) in [4.78, 5) is 0. The fourth-order valence-corrected chi connectivity index (χ4v) is 1.56. The molecule has 0 amide bonds. The lowest BCUT2D eigenvalue weighted by Gasteiger charge is -2.13. The molecule has 2 aromatic rings. The van der Waals surface area contributed by atoms with Crippen molar-refractivity contribution < 1.29 is 5.11 Å². The number of rotatable bonds is 3. The zero-order valence-electron chi connectivity index (χ0n) is 9.17. The van der Waals surface area contributed by atoms with Crippen LogP contribution in [0.3, 0.4) is 0 Å². The fraction of sp³-hybridized carbons (Fsp3) is 0.0714. The molecule has 2 rings (SSSR count). The number of phenols is 1. The number of nitriles is 1. The Bertz CT molecular complexity index is 514. The summed E-state index contributed by atoms with van der Waals surface area (Å²) < 4.78 is 0. The standard InChI is InChI=1S/C14H12N2O/c15-10-14(11-4-2-1-3-5-11)16-12-6-8-13(17)9-7-12/h1-9,14,16-17H. The van der Waals surface area contributed by atoms with E-state index < -0.39 is 0 Å². The molecule has 2 aromatic carbocycles. The highest BCUT2D eigenvalue weighted by atomic mass is 16.3. The van der Waals surface area contributed by atoms with Crippen LogP contribution in [0.1, 0.15) is 11.6 Å². The van der Waals surface area contributed by atoms with Gasteiger partial charge in [-0.3, -0.25) is 0 Å². The van der Waals surface area contributed by atoms with Crippen molar-refractivity contribution in [3.63, 3.8) is 0 Å². The fourth-order valence-electron chi connectivity index (χ4n) is 1.56. The van der Waals surface area contributed by atoms with Gasteiger partial charge < -0.3 is 10.4 Å². The third kappa shape index (κ3) is 2.76. The minimum Gasteiger partial charge on any atom is -0.508 e. The van der Waals surface area contributed by atoms with Crippen LogP contribution in [0, 0.1) is 11.3 Å². The van der Waals surface area contributed by atoms with E-state index in [4.69, 9.17) is 5.26 Å². The van der Waals surface area contributed by atoms with Crippen molar-refractivity contribution in [3.05, 3.63) is 60.2 Å². The molecule has 84 valence electrons. The highest BCUT2D eigenvalue weighted by Gasteiger charge is 2.08. The van der Waals surface area contributed by atoms with E-state index in [0.29, 0.717) is 0 Å². The molecular formula is C14H12N2O. The summed E-state index contributed by atoms with van der Waals surface area (Å²) in [6.07, 6.45) is 0. The van der Waals surface area contributed by atoms with Crippen LogP contribution in [0.15, 0.2) is 54.6 Å². The number of anilines is 1. The number of benzene rings is 2. The molecule has 0 heterocycles. The van der Waals surface area contributed by atoms with E-state index in [0.717, 1.165) is 11.3 Å². The Morgan fingerprint density at radius 2 is 1.65 bits per heavy atom. The molecule has 1 unspecified atom stereocenters. The van der Waals surface area contributed by atoms with E-state index in [1.165, 1.54) is 0 Å². The zero-order valence-corrected chi connectivity index (χ0v) is 9.17. The highest BCUT2D eigenvalue weighted by Crippen LogP contribution is 2.20. The van der Waals surface area contributed by atoms with Crippen LogP contribution in [-0.4, -0.2) is 5.11 Å². The van der Waals surface area contributed by atoms with E-state index in [1.807, 2.05) is 30.3 Å². The lowest BCUT2D eigenvalue weighted by Crippen LogP contribution is -2.07. The summed E-state index contributed by atoms with van der Waals surface area (Å²) in [5.74, 6) is 0.212. The van der Waals surface area contributed by atoms with Crippen molar-refractivity contribution in [1.29, 1.82) is 5.26 Å². The van der Waals surface area contributed by atoms with Crippen molar-refractivity contribution in [3.8, 4) is 11.8 Å². The van der Waals surface area contributed by atoms with Crippen LogP contribution in [0.25, 0.3) is 0 Å². The van der Waals surface area contributed by atoms with Gasteiger partial charge in [-0.2, -0.15) is 5.26 Å².